The molecule has 1 saturated heterocycles. The van der Waals surface area contributed by atoms with Crippen LogP contribution in [-0.2, 0) is 10.6 Å². The first-order chi connectivity index (χ1) is 8.04. The Labute approximate surface area is 112 Å². The fourth-order valence-electron chi connectivity index (χ4n) is 2.30. The molecule has 1 aromatic heterocycles. The lowest BCUT2D eigenvalue weighted by molar-refractivity contribution is -0.0696. The van der Waals surface area contributed by atoms with Crippen molar-refractivity contribution < 1.29 is 4.74 Å². The van der Waals surface area contributed by atoms with Crippen LogP contribution in [0.15, 0.2) is 5.38 Å². The standard InChI is InChI=1S/C12H19ClN2OS/c1-9(11-14-10(6-13)7-17-11)15-4-5-16-8-12(15,2)3/h7,9H,4-6,8H2,1-3H3. The van der Waals surface area contributed by atoms with Gasteiger partial charge in [0.2, 0.25) is 0 Å². The average Bonchev–Trinajstić information content (AvgIpc) is 2.76. The molecule has 2 rings (SSSR count). The normalized spacial score (nSPS) is 22.6. The number of thiazole rings is 1. The van der Waals surface area contributed by atoms with Crippen LogP contribution in [0.5, 0.6) is 0 Å². The molecule has 0 radical (unpaired) electrons. The SMILES string of the molecule is CC(c1nc(CCl)cs1)N1CCOCC1(C)C. The van der Waals surface area contributed by atoms with Gasteiger partial charge in [-0.2, -0.15) is 0 Å². The van der Waals surface area contributed by atoms with Crippen LogP contribution >= 0.6 is 22.9 Å². The Hall–Kier alpha value is -0.160. The molecule has 0 saturated carbocycles. The third-order valence-electron chi connectivity index (χ3n) is 3.24. The maximum Gasteiger partial charge on any atom is 0.110 e. The van der Waals surface area contributed by atoms with E-state index in [1.54, 1.807) is 11.3 Å². The van der Waals surface area contributed by atoms with E-state index in [1.807, 2.05) is 5.38 Å². The number of aromatic nitrogens is 1. The average molecular weight is 275 g/mol. The molecule has 2 heterocycles. The van der Waals surface area contributed by atoms with Gasteiger partial charge in [0, 0.05) is 17.5 Å². The highest BCUT2D eigenvalue weighted by Gasteiger charge is 2.35. The fraction of sp³-hybridized carbons (Fsp3) is 0.750. The van der Waals surface area contributed by atoms with Crippen LogP contribution in [0.1, 0.15) is 37.5 Å². The Morgan fingerprint density at radius 3 is 3.00 bits per heavy atom. The molecule has 1 atom stereocenters. The van der Waals surface area contributed by atoms with Crippen LogP contribution in [-0.4, -0.2) is 35.2 Å². The minimum absolute atomic E-state index is 0.0739. The van der Waals surface area contributed by atoms with E-state index < -0.39 is 0 Å². The summed E-state index contributed by atoms with van der Waals surface area (Å²) in [6.07, 6.45) is 0. The van der Waals surface area contributed by atoms with Crippen molar-refractivity contribution in [2.24, 2.45) is 0 Å². The van der Waals surface area contributed by atoms with E-state index in [1.165, 1.54) is 0 Å². The minimum atomic E-state index is 0.0739. The summed E-state index contributed by atoms with van der Waals surface area (Å²) >= 11 is 7.50. The summed E-state index contributed by atoms with van der Waals surface area (Å²) in [5.41, 5.74) is 1.05. The van der Waals surface area contributed by atoms with E-state index in [4.69, 9.17) is 16.3 Å². The van der Waals surface area contributed by atoms with Gasteiger partial charge in [-0.25, -0.2) is 4.98 Å². The number of hydrogen-bond acceptors (Lipinski definition) is 4. The lowest BCUT2D eigenvalue weighted by Crippen LogP contribution is -2.53. The molecule has 1 aromatic rings. The van der Waals surface area contributed by atoms with Crippen LogP contribution in [0, 0.1) is 0 Å². The maximum atomic E-state index is 5.80. The first-order valence-electron chi connectivity index (χ1n) is 5.89. The second kappa shape index (κ2) is 5.22. The zero-order valence-corrected chi connectivity index (χ0v) is 12.1. The van der Waals surface area contributed by atoms with Gasteiger partial charge in [0.25, 0.3) is 0 Å². The number of nitrogens with zero attached hydrogens (tertiary/aromatic N) is 2. The smallest absolute Gasteiger partial charge is 0.110 e. The van der Waals surface area contributed by atoms with Crippen molar-refractivity contribution in [1.29, 1.82) is 0 Å². The number of ether oxygens (including phenoxy) is 1. The molecule has 0 spiro atoms. The van der Waals surface area contributed by atoms with Gasteiger partial charge in [-0.3, -0.25) is 4.90 Å². The molecule has 5 heteroatoms. The van der Waals surface area contributed by atoms with Crippen LogP contribution < -0.4 is 0 Å². The quantitative estimate of drug-likeness (QED) is 0.792. The highest BCUT2D eigenvalue weighted by Crippen LogP contribution is 2.31. The van der Waals surface area contributed by atoms with Gasteiger partial charge in [-0.1, -0.05) is 0 Å². The van der Waals surface area contributed by atoms with Crippen molar-refractivity contribution in [1.82, 2.24) is 9.88 Å². The molecule has 1 aliphatic heterocycles. The molecule has 3 nitrogen and oxygen atoms in total. The van der Waals surface area contributed by atoms with Gasteiger partial charge >= 0.3 is 0 Å². The van der Waals surface area contributed by atoms with Gasteiger partial charge in [0.15, 0.2) is 0 Å². The lowest BCUT2D eigenvalue weighted by atomic mass is 10.0. The van der Waals surface area contributed by atoms with Gasteiger partial charge < -0.3 is 4.74 Å². The minimum Gasteiger partial charge on any atom is -0.378 e. The fourth-order valence-corrected chi connectivity index (χ4v) is 3.41. The number of rotatable bonds is 3. The first kappa shape index (κ1) is 13.3. The van der Waals surface area contributed by atoms with E-state index in [2.05, 4.69) is 30.7 Å². The Morgan fingerprint density at radius 2 is 2.41 bits per heavy atom. The predicted molar refractivity (Wildman–Crippen MR) is 71.7 cm³/mol. The highest BCUT2D eigenvalue weighted by molar-refractivity contribution is 7.09. The first-order valence-corrected chi connectivity index (χ1v) is 7.31. The van der Waals surface area contributed by atoms with E-state index in [-0.39, 0.29) is 5.54 Å². The Kier molecular flexibility index (Phi) is 4.08. The number of halogens is 1. The third-order valence-corrected chi connectivity index (χ3v) is 4.58. The molecule has 1 unspecified atom stereocenters. The third kappa shape index (κ3) is 2.81. The van der Waals surface area contributed by atoms with Crippen molar-refractivity contribution in [2.45, 2.75) is 38.2 Å². The second-order valence-electron chi connectivity index (χ2n) is 5.05. The van der Waals surface area contributed by atoms with Crippen molar-refractivity contribution in [3.05, 3.63) is 16.1 Å². The highest BCUT2D eigenvalue weighted by atomic mass is 35.5. The molecule has 0 bridgehead atoms. The van der Waals surface area contributed by atoms with Crippen LogP contribution in [0.25, 0.3) is 0 Å². The van der Waals surface area contributed by atoms with Gasteiger partial charge in [0.05, 0.1) is 30.8 Å². The Balaban J connectivity index is 2.15. The van der Waals surface area contributed by atoms with E-state index in [0.29, 0.717) is 11.9 Å². The monoisotopic (exact) mass is 274 g/mol. The summed E-state index contributed by atoms with van der Waals surface area (Å²) in [6, 6.07) is 0.330. The van der Waals surface area contributed by atoms with E-state index in [0.717, 1.165) is 30.5 Å². The van der Waals surface area contributed by atoms with Gasteiger partial charge in [-0.05, 0) is 20.8 Å². The summed E-state index contributed by atoms with van der Waals surface area (Å²) in [6.45, 7) is 9.21. The van der Waals surface area contributed by atoms with Crippen molar-refractivity contribution in [3.8, 4) is 0 Å². The Morgan fingerprint density at radius 1 is 1.65 bits per heavy atom. The zero-order chi connectivity index (χ0) is 12.5. The molecule has 0 amide bonds. The molecule has 1 aliphatic rings. The molecule has 17 heavy (non-hydrogen) atoms. The van der Waals surface area contributed by atoms with Crippen LogP contribution in [0.3, 0.4) is 0 Å². The second-order valence-corrected chi connectivity index (χ2v) is 6.20. The van der Waals surface area contributed by atoms with Crippen molar-refractivity contribution in [3.63, 3.8) is 0 Å². The number of alkyl halides is 1. The number of hydrogen-bond donors (Lipinski definition) is 0. The summed E-state index contributed by atoms with van der Waals surface area (Å²) in [7, 11) is 0. The molecule has 96 valence electrons. The van der Waals surface area contributed by atoms with E-state index in [9.17, 15) is 0 Å². The number of morpholine rings is 1. The van der Waals surface area contributed by atoms with Crippen molar-refractivity contribution in [2.75, 3.05) is 19.8 Å². The van der Waals surface area contributed by atoms with Gasteiger partial charge in [0.1, 0.15) is 5.01 Å². The van der Waals surface area contributed by atoms with E-state index >= 15 is 0 Å². The maximum absolute atomic E-state index is 5.80. The molecule has 0 N–H and O–H groups in total. The molecule has 0 aliphatic carbocycles. The molecular formula is C12H19ClN2OS. The van der Waals surface area contributed by atoms with Gasteiger partial charge in [-0.15, -0.1) is 22.9 Å². The zero-order valence-electron chi connectivity index (χ0n) is 10.6. The van der Waals surface area contributed by atoms with Crippen molar-refractivity contribution >= 4 is 22.9 Å². The topological polar surface area (TPSA) is 25.4 Å². The largest absolute Gasteiger partial charge is 0.378 e. The predicted octanol–water partition coefficient (Wildman–Crippen LogP) is 3.05. The molecular weight excluding hydrogens is 256 g/mol. The van der Waals surface area contributed by atoms with Crippen LogP contribution in [0.2, 0.25) is 0 Å². The molecule has 0 aromatic carbocycles. The lowest BCUT2D eigenvalue weighted by Gasteiger charge is -2.45. The summed E-state index contributed by atoms with van der Waals surface area (Å²) < 4.78 is 5.55. The molecule has 1 fully saturated rings. The Bertz CT molecular complexity index is 380. The summed E-state index contributed by atoms with van der Waals surface area (Å²) in [5.74, 6) is 0.496. The van der Waals surface area contributed by atoms with Crippen LogP contribution in [0.4, 0.5) is 0 Å². The summed E-state index contributed by atoms with van der Waals surface area (Å²) in [5, 5.41) is 3.20. The summed E-state index contributed by atoms with van der Waals surface area (Å²) in [4.78, 5) is 7.04.